The summed E-state index contributed by atoms with van der Waals surface area (Å²) in [6.07, 6.45) is 3.62. The van der Waals surface area contributed by atoms with E-state index in [-0.39, 0.29) is 0 Å². The van der Waals surface area contributed by atoms with Crippen LogP contribution in [-0.2, 0) is 0 Å². The molecule has 2 rings (SSSR count). The summed E-state index contributed by atoms with van der Waals surface area (Å²) >= 11 is 1.70. The maximum Gasteiger partial charge on any atom is 0.0901 e. The third-order valence-corrected chi connectivity index (χ3v) is 4.07. The van der Waals surface area contributed by atoms with Crippen molar-refractivity contribution >= 4 is 17.0 Å². The molecular weight excluding hydrogens is 252 g/mol. The Morgan fingerprint density at radius 2 is 1.95 bits per heavy atom. The molecule has 19 heavy (non-hydrogen) atoms. The summed E-state index contributed by atoms with van der Waals surface area (Å²) < 4.78 is 0. The number of aryl methyl sites for hydroxylation is 1. The fourth-order valence-corrected chi connectivity index (χ4v) is 2.82. The molecule has 1 aromatic carbocycles. The van der Waals surface area contributed by atoms with Crippen LogP contribution >= 0.6 is 11.3 Å². The van der Waals surface area contributed by atoms with Crippen molar-refractivity contribution in [3.8, 4) is 11.3 Å². The fourth-order valence-electron chi connectivity index (χ4n) is 2.20. The number of hydrogen-bond acceptors (Lipinski definition) is 3. The molecule has 102 valence electrons. The molecule has 0 aliphatic carbocycles. The van der Waals surface area contributed by atoms with Gasteiger partial charge in [0.05, 0.1) is 10.7 Å². The number of rotatable bonds is 6. The molecular formula is C16H22N2S. The van der Waals surface area contributed by atoms with Crippen LogP contribution in [0.3, 0.4) is 0 Å². The summed E-state index contributed by atoms with van der Waals surface area (Å²) in [7, 11) is 0. The van der Waals surface area contributed by atoms with E-state index in [4.69, 9.17) is 0 Å². The zero-order valence-corrected chi connectivity index (χ0v) is 12.8. The lowest BCUT2D eigenvalue weighted by atomic mass is 10.1. The second-order valence-electron chi connectivity index (χ2n) is 4.87. The first-order chi connectivity index (χ1) is 9.22. The molecule has 1 unspecified atom stereocenters. The van der Waals surface area contributed by atoms with E-state index in [1.165, 1.54) is 30.5 Å². The smallest absolute Gasteiger partial charge is 0.0901 e. The van der Waals surface area contributed by atoms with Gasteiger partial charge in [0.1, 0.15) is 0 Å². The number of thiazole rings is 1. The van der Waals surface area contributed by atoms with E-state index in [2.05, 4.69) is 53.8 Å². The van der Waals surface area contributed by atoms with Gasteiger partial charge in [0.15, 0.2) is 0 Å². The van der Waals surface area contributed by atoms with Gasteiger partial charge in [-0.25, -0.2) is 4.98 Å². The van der Waals surface area contributed by atoms with Crippen molar-refractivity contribution in [2.45, 2.75) is 46.1 Å². The molecule has 1 aromatic heterocycles. The second-order valence-corrected chi connectivity index (χ2v) is 5.93. The first-order valence-electron chi connectivity index (χ1n) is 7.02. The Bertz CT molecular complexity index is 502. The van der Waals surface area contributed by atoms with E-state index in [0.29, 0.717) is 6.04 Å². The molecule has 0 amide bonds. The number of benzene rings is 1. The van der Waals surface area contributed by atoms with E-state index in [0.717, 1.165) is 10.7 Å². The lowest BCUT2D eigenvalue weighted by Gasteiger charge is -2.17. The molecule has 2 nitrogen and oxygen atoms in total. The van der Waals surface area contributed by atoms with Gasteiger partial charge < -0.3 is 5.32 Å². The molecule has 0 saturated carbocycles. The summed E-state index contributed by atoms with van der Waals surface area (Å²) in [5, 5.41) is 6.83. The van der Waals surface area contributed by atoms with E-state index < -0.39 is 0 Å². The highest BCUT2D eigenvalue weighted by Gasteiger charge is 2.06. The zero-order chi connectivity index (χ0) is 13.7. The van der Waals surface area contributed by atoms with Gasteiger partial charge in [-0.2, -0.15) is 0 Å². The van der Waals surface area contributed by atoms with Crippen LogP contribution in [0.4, 0.5) is 5.69 Å². The molecule has 2 aromatic rings. The number of hydrogen-bond donors (Lipinski definition) is 1. The van der Waals surface area contributed by atoms with Crippen molar-refractivity contribution in [3.05, 3.63) is 34.7 Å². The van der Waals surface area contributed by atoms with Crippen LogP contribution in [0.2, 0.25) is 0 Å². The summed E-state index contributed by atoms with van der Waals surface area (Å²) in [5.74, 6) is 0. The van der Waals surface area contributed by atoms with Crippen LogP contribution in [0.15, 0.2) is 29.6 Å². The van der Waals surface area contributed by atoms with E-state index in [9.17, 15) is 0 Å². The quantitative estimate of drug-likeness (QED) is 0.791. The SMILES string of the molecule is CCCC(CC)Nc1ccc(-c2csc(C)n2)cc1. The molecule has 0 spiro atoms. The Hall–Kier alpha value is -1.35. The van der Waals surface area contributed by atoms with Crippen molar-refractivity contribution in [3.63, 3.8) is 0 Å². The zero-order valence-electron chi connectivity index (χ0n) is 11.9. The van der Waals surface area contributed by atoms with Gasteiger partial charge in [-0.15, -0.1) is 11.3 Å². The number of nitrogens with one attached hydrogen (secondary N) is 1. The van der Waals surface area contributed by atoms with Crippen molar-refractivity contribution in [1.82, 2.24) is 4.98 Å². The van der Waals surface area contributed by atoms with Gasteiger partial charge in [-0.3, -0.25) is 0 Å². The molecule has 0 bridgehead atoms. The van der Waals surface area contributed by atoms with E-state index >= 15 is 0 Å². The Balaban J connectivity index is 2.06. The Labute approximate surface area is 119 Å². The van der Waals surface area contributed by atoms with Crippen molar-refractivity contribution in [2.75, 3.05) is 5.32 Å². The van der Waals surface area contributed by atoms with Crippen LogP contribution in [-0.4, -0.2) is 11.0 Å². The minimum Gasteiger partial charge on any atom is -0.382 e. The summed E-state index contributed by atoms with van der Waals surface area (Å²) in [4.78, 5) is 4.52. The lowest BCUT2D eigenvalue weighted by Crippen LogP contribution is -2.17. The third-order valence-electron chi connectivity index (χ3n) is 3.30. The highest BCUT2D eigenvalue weighted by molar-refractivity contribution is 7.09. The molecule has 3 heteroatoms. The standard InChI is InChI=1S/C16H22N2S/c1-4-6-14(5-2)18-15-9-7-13(8-10-15)16-11-19-12(3)17-16/h7-11,14,18H,4-6H2,1-3H3. The average Bonchev–Trinajstić information content (AvgIpc) is 2.86. The Kier molecular flexibility index (Phi) is 4.97. The highest BCUT2D eigenvalue weighted by Crippen LogP contribution is 2.23. The van der Waals surface area contributed by atoms with Gasteiger partial charge in [-0.05, 0) is 31.9 Å². The van der Waals surface area contributed by atoms with Gasteiger partial charge in [0, 0.05) is 22.7 Å². The van der Waals surface area contributed by atoms with Crippen molar-refractivity contribution < 1.29 is 0 Å². The average molecular weight is 274 g/mol. The number of aromatic nitrogens is 1. The van der Waals surface area contributed by atoms with E-state index in [1.807, 2.05) is 6.92 Å². The Morgan fingerprint density at radius 1 is 1.21 bits per heavy atom. The normalized spacial score (nSPS) is 12.4. The maximum atomic E-state index is 4.52. The largest absolute Gasteiger partial charge is 0.382 e. The van der Waals surface area contributed by atoms with Gasteiger partial charge in [-0.1, -0.05) is 32.4 Å². The first-order valence-corrected chi connectivity index (χ1v) is 7.90. The molecule has 1 heterocycles. The number of anilines is 1. The summed E-state index contributed by atoms with van der Waals surface area (Å²) in [6.45, 7) is 6.51. The molecule has 0 fully saturated rings. The molecule has 0 saturated heterocycles. The molecule has 0 radical (unpaired) electrons. The molecule has 0 aliphatic rings. The summed E-state index contributed by atoms with van der Waals surface area (Å²) in [5.41, 5.74) is 3.48. The van der Waals surface area contributed by atoms with Gasteiger partial charge >= 0.3 is 0 Å². The highest BCUT2D eigenvalue weighted by atomic mass is 32.1. The number of nitrogens with zero attached hydrogens (tertiary/aromatic N) is 1. The van der Waals surface area contributed by atoms with Gasteiger partial charge in [0.2, 0.25) is 0 Å². The molecule has 1 atom stereocenters. The topological polar surface area (TPSA) is 24.9 Å². The minimum atomic E-state index is 0.581. The van der Waals surface area contributed by atoms with Crippen LogP contribution in [0.5, 0.6) is 0 Å². The molecule has 0 aliphatic heterocycles. The second kappa shape index (κ2) is 6.71. The predicted octanol–water partition coefficient (Wildman–Crippen LogP) is 5.11. The van der Waals surface area contributed by atoms with Crippen LogP contribution < -0.4 is 5.32 Å². The maximum absolute atomic E-state index is 4.52. The van der Waals surface area contributed by atoms with Crippen molar-refractivity contribution in [2.24, 2.45) is 0 Å². The Morgan fingerprint density at radius 3 is 2.47 bits per heavy atom. The minimum absolute atomic E-state index is 0.581. The monoisotopic (exact) mass is 274 g/mol. The summed E-state index contributed by atoms with van der Waals surface area (Å²) in [6, 6.07) is 9.19. The van der Waals surface area contributed by atoms with Crippen LogP contribution in [0, 0.1) is 6.92 Å². The van der Waals surface area contributed by atoms with Crippen molar-refractivity contribution in [1.29, 1.82) is 0 Å². The van der Waals surface area contributed by atoms with Crippen LogP contribution in [0.1, 0.15) is 38.1 Å². The third kappa shape index (κ3) is 3.80. The lowest BCUT2D eigenvalue weighted by molar-refractivity contribution is 0.623. The van der Waals surface area contributed by atoms with E-state index in [1.54, 1.807) is 11.3 Å². The first kappa shape index (κ1) is 14.1. The predicted molar refractivity (Wildman–Crippen MR) is 84.9 cm³/mol. The van der Waals surface area contributed by atoms with Gasteiger partial charge in [0.25, 0.3) is 0 Å². The van der Waals surface area contributed by atoms with Crippen LogP contribution in [0.25, 0.3) is 11.3 Å². The molecule has 1 N–H and O–H groups in total. The fraction of sp³-hybridized carbons (Fsp3) is 0.438.